The standard InChI is InChI=1S/C17H20N4S/c1-22-20-13-6-2-5-12(11-13)16-14-7-3-8-15(14)18-17(19-16)21-9-4-10-21/h2,5-6,11,20H,3-4,7-10H2,1H3. The summed E-state index contributed by atoms with van der Waals surface area (Å²) in [5.41, 5.74) is 6.07. The summed E-state index contributed by atoms with van der Waals surface area (Å²) >= 11 is 1.61. The summed E-state index contributed by atoms with van der Waals surface area (Å²) in [5, 5.41) is 0. The van der Waals surface area contributed by atoms with Crippen LogP contribution in [-0.4, -0.2) is 29.3 Å². The Kier molecular flexibility index (Phi) is 3.66. The van der Waals surface area contributed by atoms with E-state index in [9.17, 15) is 0 Å². The van der Waals surface area contributed by atoms with Crippen LogP contribution in [0.3, 0.4) is 0 Å². The molecule has 2 heterocycles. The first kappa shape index (κ1) is 13.9. The van der Waals surface area contributed by atoms with Gasteiger partial charge in [0, 0.05) is 41.9 Å². The van der Waals surface area contributed by atoms with Crippen LogP contribution in [0.1, 0.15) is 24.1 Å². The van der Waals surface area contributed by atoms with Crippen LogP contribution in [0.15, 0.2) is 24.3 Å². The number of nitrogens with zero attached hydrogens (tertiary/aromatic N) is 3. The van der Waals surface area contributed by atoms with Gasteiger partial charge in [-0.3, -0.25) is 0 Å². The highest BCUT2D eigenvalue weighted by atomic mass is 32.2. The van der Waals surface area contributed by atoms with Crippen LogP contribution in [0.25, 0.3) is 11.3 Å². The normalized spacial score (nSPS) is 16.3. The first-order valence-corrected chi connectivity index (χ1v) is 9.12. The third-order valence-corrected chi connectivity index (χ3v) is 4.86. The van der Waals surface area contributed by atoms with E-state index in [4.69, 9.17) is 9.97 Å². The largest absolute Gasteiger partial charge is 0.341 e. The fourth-order valence-electron chi connectivity index (χ4n) is 3.16. The second-order valence-corrected chi connectivity index (χ2v) is 6.49. The molecule has 1 N–H and O–H groups in total. The van der Waals surface area contributed by atoms with Gasteiger partial charge in [0.1, 0.15) is 0 Å². The van der Waals surface area contributed by atoms with Gasteiger partial charge in [0.05, 0.1) is 5.69 Å². The highest BCUT2D eigenvalue weighted by molar-refractivity contribution is 7.99. The van der Waals surface area contributed by atoms with Crippen LogP contribution in [0.4, 0.5) is 11.6 Å². The Balaban J connectivity index is 1.79. The van der Waals surface area contributed by atoms with Crippen molar-refractivity contribution in [1.29, 1.82) is 0 Å². The van der Waals surface area contributed by atoms with Gasteiger partial charge in [-0.25, -0.2) is 9.97 Å². The topological polar surface area (TPSA) is 41.1 Å². The number of nitrogens with one attached hydrogen (secondary N) is 1. The van der Waals surface area contributed by atoms with Gasteiger partial charge in [0.15, 0.2) is 0 Å². The molecular formula is C17H20N4S. The smallest absolute Gasteiger partial charge is 0.226 e. The number of anilines is 2. The molecule has 0 atom stereocenters. The molecule has 0 amide bonds. The maximum atomic E-state index is 4.92. The molecule has 0 bridgehead atoms. The number of hydrogen-bond donors (Lipinski definition) is 1. The summed E-state index contributed by atoms with van der Waals surface area (Å²) in [5.74, 6) is 0.921. The fraction of sp³-hybridized carbons (Fsp3) is 0.412. The predicted molar refractivity (Wildman–Crippen MR) is 93.5 cm³/mol. The summed E-state index contributed by atoms with van der Waals surface area (Å²) in [6.07, 6.45) is 6.68. The first-order chi connectivity index (χ1) is 10.8. The third-order valence-electron chi connectivity index (χ3n) is 4.42. The second kappa shape index (κ2) is 5.80. The molecule has 1 aromatic carbocycles. The average molecular weight is 312 g/mol. The first-order valence-electron chi connectivity index (χ1n) is 7.89. The Morgan fingerprint density at radius 3 is 2.82 bits per heavy atom. The van der Waals surface area contributed by atoms with Crippen LogP contribution in [0, 0.1) is 0 Å². The van der Waals surface area contributed by atoms with Crippen molar-refractivity contribution in [2.75, 3.05) is 29.0 Å². The molecule has 5 heteroatoms. The number of rotatable bonds is 4. The van der Waals surface area contributed by atoms with Crippen molar-refractivity contribution in [1.82, 2.24) is 9.97 Å². The summed E-state index contributed by atoms with van der Waals surface area (Å²) in [6, 6.07) is 8.54. The van der Waals surface area contributed by atoms with Crippen LogP contribution in [0.2, 0.25) is 0 Å². The Labute approximate surface area is 135 Å². The molecule has 1 aliphatic carbocycles. The molecule has 0 saturated carbocycles. The minimum Gasteiger partial charge on any atom is -0.341 e. The number of aryl methyl sites for hydroxylation is 1. The zero-order valence-electron chi connectivity index (χ0n) is 12.8. The van der Waals surface area contributed by atoms with Crippen LogP contribution < -0.4 is 9.62 Å². The van der Waals surface area contributed by atoms with Crippen molar-refractivity contribution in [3.63, 3.8) is 0 Å². The number of benzene rings is 1. The van der Waals surface area contributed by atoms with Crippen molar-refractivity contribution in [3.8, 4) is 11.3 Å². The molecule has 1 aliphatic heterocycles. The van der Waals surface area contributed by atoms with E-state index in [2.05, 4.69) is 33.9 Å². The van der Waals surface area contributed by atoms with Gasteiger partial charge in [0.25, 0.3) is 0 Å². The Morgan fingerprint density at radius 2 is 2.05 bits per heavy atom. The van der Waals surface area contributed by atoms with E-state index in [0.29, 0.717) is 0 Å². The van der Waals surface area contributed by atoms with Gasteiger partial charge in [0.2, 0.25) is 5.95 Å². The monoisotopic (exact) mass is 312 g/mol. The van der Waals surface area contributed by atoms with E-state index in [1.807, 2.05) is 6.26 Å². The van der Waals surface area contributed by atoms with E-state index < -0.39 is 0 Å². The zero-order chi connectivity index (χ0) is 14.9. The number of hydrogen-bond acceptors (Lipinski definition) is 5. The van der Waals surface area contributed by atoms with Crippen molar-refractivity contribution in [3.05, 3.63) is 35.5 Å². The molecule has 0 unspecified atom stereocenters. The molecule has 4 nitrogen and oxygen atoms in total. The Bertz CT molecular complexity index is 697. The summed E-state index contributed by atoms with van der Waals surface area (Å²) in [6.45, 7) is 2.18. The summed E-state index contributed by atoms with van der Waals surface area (Å²) in [7, 11) is 0. The van der Waals surface area contributed by atoms with Crippen molar-refractivity contribution < 1.29 is 0 Å². The molecular weight excluding hydrogens is 292 g/mol. The molecule has 22 heavy (non-hydrogen) atoms. The molecule has 4 rings (SSSR count). The van der Waals surface area contributed by atoms with E-state index in [-0.39, 0.29) is 0 Å². The lowest BCUT2D eigenvalue weighted by Crippen LogP contribution is -2.38. The van der Waals surface area contributed by atoms with Gasteiger partial charge in [-0.1, -0.05) is 24.1 Å². The minimum absolute atomic E-state index is 0.921. The second-order valence-electron chi connectivity index (χ2n) is 5.88. The van der Waals surface area contributed by atoms with E-state index in [1.165, 1.54) is 29.7 Å². The minimum atomic E-state index is 0.921. The molecule has 1 saturated heterocycles. The van der Waals surface area contributed by atoms with Crippen LogP contribution in [-0.2, 0) is 12.8 Å². The fourth-order valence-corrected chi connectivity index (χ4v) is 3.53. The lowest BCUT2D eigenvalue weighted by atomic mass is 10.0. The van der Waals surface area contributed by atoms with Crippen molar-refractivity contribution >= 4 is 23.6 Å². The molecule has 1 fully saturated rings. The third kappa shape index (κ3) is 2.43. The molecule has 0 radical (unpaired) electrons. The van der Waals surface area contributed by atoms with Gasteiger partial charge in [-0.2, -0.15) is 0 Å². The van der Waals surface area contributed by atoms with Crippen LogP contribution in [0.5, 0.6) is 0 Å². The predicted octanol–water partition coefficient (Wildman–Crippen LogP) is 3.53. The van der Waals surface area contributed by atoms with E-state index in [0.717, 1.165) is 43.3 Å². The quantitative estimate of drug-likeness (QED) is 0.875. The molecule has 114 valence electrons. The molecule has 1 aromatic heterocycles. The lowest BCUT2D eigenvalue weighted by molar-refractivity contribution is 0.599. The van der Waals surface area contributed by atoms with E-state index in [1.54, 1.807) is 11.9 Å². The SMILES string of the molecule is CSNc1cccc(-c2nc(N3CCC3)nc3c2CCC3)c1. The van der Waals surface area contributed by atoms with Gasteiger partial charge in [-0.05, 0) is 37.8 Å². The molecule has 0 spiro atoms. The number of fused-ring (bicyclic) bond motifs is 1. The van der Waals surface area contributed by atoms with Crippen molar-refractivity contribution in [2.24, 2.45) is 0 Å². The lowest BCUT2D eigenvalue weighted by Gasteiger charge is -2.31. The van der Waals surface area contributed by atoms with Gasteiger partial charge >= 0.3 is 0 Å². The van der Waals surface area contributed by atoms with Gasteiger partial charge < -0.3 is 9.62 Å². The van der Waals surface area contributed by atoms with E-state index >= 15 is 0 Å². The van der Waals surface area contributed by atoms with Crippen molar-refractivity contribution in [2.45, 2.75) is 25.7 Å². The highest BCUT2D eigenvalue weighted by Crippen LogP contribution is 2.33. The summed E-state index contributed by atoms with van der Waals surface area (Å²) < 4.78 is 3.31. The van der Waals surface area contributed by atoms with Crippen LogP contribution >= 0.6 is 11.9 Å². The maximum absolute atomic E-state index is 4.92. The Hall–Kier alpha value is -1.75. The zero-order valence-corrected chi connectivity index (χ0v) is 13.6. The molecule has 2 aromatic rings. The summed E-state index contributed by atoms with van der Waals surface area (Å²) in [4.78, 5) is 12.0. The maximum Gasteiger partial charge on any atom is 0.226 e. The Morgan fingerprint density at radius 1 is 1.14 bits per heavy atom. The van der Waals surface area contributed by atoms with Gasteiger partial charge in [-0.15, -0.1) is 0 Å². The molecule has 2 aliphatic rings. The highest BCUT2D eigenvalue weighted by Gasteiger charge is 2.24. The average Bonchev–Trinajstić information content (AvgIpc) is 2.93. The number of aromatic nitrogens is 2.